The molecule has 1 saturated carbocycles. The molecule has 0 radical (unpaired) electrons. The Kier molecular flexibility index (Phi) is 5.65. The number of hydrogen-bond acceptors (Lipinski definition) is 5. The molecule has 4 rings (SSSR count). The zero-order valence-corrected chi connectivity index (χ0v) is 15.3. The molecule has 1 aromatic carbocycles. The zero-order chi connectivity index (χ0) is 17.6. The summed E-state index contributed by atoms with van der Waals surface area (Å²) in [5.41, 5.74) is 1.29. The van der Waals surface area contributed by atoms with E-state index in [1.54, 1.807) is 0 Å². The lowest BCUT2D eigenvalue weighted by Crippen LogP contribution is -2.46. The van der Waals surface area contributed by atoms with Crippen LogP contribution in [0.3, 0.4) is 0 Å². The molecule has 0 unspecified atom stereocenters. The van der Waals surface area contributed by atoms with E-state index in [0.717, 1.165) is 31.3 Å². The lowest BCUT2D eigenvalue weighted by atomic mass is 10.1. The maximum absolute atomic E-state index is 6.13. The Hall–Kier alpha value is -2.14. The van der Waals surface area contributed by atoms with Gasteiger partial charge in [0.25, 0.3) is 0 Å². The Morgan fingerprint density at radius 2 is 1.88 bits per heavy atom. The lowest BCUT2D eigenvalue weighted by Gasteiger charge is -2.33. The maximum atomic E-state index is 6.13. The Balaban J connectivity index is 1.30. The van der Waals surface area contributed by atoms with E-state index in [-0.39, 0.29) is 0 Å². The summed E-state index contributed by atoms with van der Waals surface area (Å²) in [7, 11) is 0. The van der Waals surface area contributed by atoms with Crippen LogP contribution in [0.1, 0.15) is 44.1 Å². The van der Waals surface area contributed by atoms with Crippen LogP contribution in [0.2, 0.25) is 0 Å². The Bertz CT molecular complexity index is 687. The summed E-state index contributed by atoms with van der Waals surface area (Å²) in [5.74, 6) is 1.85. The van der Waals surface area contributed by atoms with E-state index in [0.29, 0.717) is 12.1 Å². The molecule has 26 heavy (non-hydrogen) atoms. The second-order valence-corrected chi connectivity index (χ2v) is 7.39. The molecule has 5 heteroatoms. The van der Waals surface area contributed by atoms with Crippen molar-refractivity contribution in [2.45, 2.75) is 57.2 Å². The largest absolute Gasteiger partial charge is 0.490 e. The summed E-state index contributed by atoms with van der Waals surface area (Å²) < 4.78 is 6.13. The fourth-order valence-electron chi connectivity index (χ4n) is 3.97. The van der Waals surface area contributed by atoms with Crippen molar-refractivity contribution in [1.29, 1.82) is 0 Å². The molecule has 1 aromatic heterocycles. The molecule has 5 nitrogen and oxygen atoms in total. The average Bonchev–Trinajstić information content (AvgIpc) is 3.21. The molecular formula is C21H28N4O. The van der Waals surface area contributed by atoms with Gasteiger partial charge in [-0.25, -0.2) is 9.97 Å². The first-order valence-electron chi connectivity index (χ1n) is 9.88. The summed E-state index contributed by atoms with van der Waals surface area (Å²) >= 11 is 0. The zero-order valence-electron chi connectivity index (χ0n) is 15.3. The van der Waals surface area contributed by atoms with Gasteiger partial charge in [-0.05, 0) is 62.3 Å². The molecule has 2 aliphatic rings. The van der Waals surface area contributed by atoms with Gasteiger partial charge in [-0.3, -0.25) is 0 Å². The lowest BCUT2D eigenvalue weighted by molar-refractivity contribution is 0.210. The second kappa shape index (κ2) is 8.49. The number of anilines is 1. The number of hydrogen-bond donors (Lipinski definition) is 1. The fourth-order valence-corrected chi connectivity index (χ4v) is 3.97. The van der Waals surface area contributed by atoms with E-state index >= 15 is 0 Å². The first-order chi connectivity index (χ1) is 12.9. The van der Waals surface area contributed by atoms with Gasteiger partial charge < -0.3 is 15.0 Å². The summed E-state index contributed by atoms with van der Waals surface area (Å²) in [6, 6.07) is 10.9. The van der Waals surface area contributed by atoms with Gasteiger partial charge in [0.15, 0.2) is 0 Å². The topological polar surface area (TPSA) is 50.3 Å². The third-order valence-corrected chi connectivity index (χ3v) is 5.35. The highest BCUT2D eigenvalue weighted by Gasteiger charge is 2.21. The number of rotatable bonds is 6. The monoisotopic (exact) mass is 352 g/mol. The van der Waals surface area contributed by atoms with Crippen molar-refractivity contribution in [2.24, 2.45) is 0 Å². The predicted octanol–water partition coefficient (Wildman–Crippen LogP) is 3.56. The van der Waals surface area contributed by atoms with Crippen molar-refractivity contribution in [3.63, 3.8) is 0 Å². The molecule has 0 spiro atoms. The minimum absolute atomic E-state index is 0.413. The van der Waals surface area contributed by atoms with E-state index < -0.39 is 0 Å². The van der Waals surface area contributed by atoms with Crippen LogP contribution in [0.4, 0.5) is 5.95 Å². The highest BCUT2D eigenvalue weighted by molar-refractivity contribution is 5.30. The number of piperidine rings is 1. The van der Waals surface area contributed by atoms with Crippen molar-refractivity contribution < 1.29 is 4.74 Å². The normalized spacial score (nSPS) is 21.1. The standard InChI is InChI=1S/C21H28N4O/c1-2-9-19(8-1)26-20-10-3-6-17(14-20)15-24-18-7-4-13-25(16-18)21-22-11-5-12-23-21/h3,5-6,10-12,14,18-19,24H,1-2,4,7-9,13,15-16H2/t18-/m0/s1. The van der Waals surface area contributed by atoms with Gasteiger partial charge in [0.2, 0.25) is 5.95 Å². The van der Waals surface area contributed by atoms with Crippen molar-refractivity contribution in [2.75, 3.05) is 18.0 Å². The quantitative estimate of drug-likeness (QED) is 0.861. The molecule has 2 aromatic rings. The van der Waals surface area contributed by atoms with Crippen LogP contribution in [0.15, 0.2) is 42.7 Å². The van der Waals surface area contributed by atoms with E-state index in [9.17, 15) is 0 Å². The van der Waals surface area contributed by atoms with Crippen molar-refractivity contribution in [3.8, 4) is 5.75 Å². The van der Waals surface area contributed by atoms with E-state index in [2.05, 4.69) is 44.5 Å². The van der Waals surface area contributed by atoms with Crippen LogP contribution in [0.5, 0.6) is 5.75 Å². The van der Waals surface area contributed by atoms with E-state index in [1.807, 2.05) is 18.5 Å². The second-order valence-electron chi connectivity index (χ2n) is 7.39. The Labute approximate surface area is 155 Å². The molecule has 138 valence electrons. The number of ether oxygens (including phenoxy) is 1. The average molecular weight is 352 g/mol. The Morgan fingerprint density at radius 3 is 2.73 bits per heavy atom. The van der Waals surface area contributed by atoms with E-state index in [1.165, 1.54) is 44.1 Å². The van der Waals surface area contributed by atoms with Crippen LogP contribution in [0, 0.1) is 0 Å². The first kappa shape index (κ1) is 17.3. The summed E-state index contributed by atoms with van der Waals surface area (Å²) in [5, 5.41) is 3.71. The number of nitrogens with zero attached hydrogens (tertiary/aromatic N) is 3. The maximum Gasteiger partial charge on any atom is 0.225 e. The minimum atomic E-state index is 0.413. The smallest absolute Gasteiger partial charge is 0.225 e. The molecule has 1 atom stereocenters. The molecule has 0 bridgehead atoms. The van der Waals surface area contributed by atoms with Crippen LogP contribution >= 0.6 is 0 Å². The van der Waals surface area contributed by atoms with E-state index in [4.69, 9.17) is 4.74 Å². The minimum Gasteiger partial charge on any atom is -0.490 e. The highest BCUT2D eigenvalue weighted by Crippen LogP contribution is 2.24. The van der Waals surface area contributed by atoms with Crippen LogP contribution in [-0.2, 0) is 6.54 Å². The first-order valence-corrected chi connectivity index (χ1v) is 9.88. The summed E-state index contributed by atoms with van der Waals surface area (Å²) in [4.78, 5) is 11.1. The molecule has 0 amide bonds. The van der Waals surface area contributed by atoms with Gasteiger partial charge in [-0.1, -0.05) is 12.1 Å². The van der Waals surface area contributed by atoms with Gasteiger partial charge in [0, 0.05) is 38.1 Å². The van der Waals surface area contributed by atoms with Crippen molar-refractivity contribution in [1.82, 2.24) is 15.3 Å². The number of nitrogens with one attached hydrogen (secondary N) is 1. The Morgan fingerprint density at radius 1 is 1.04 bits per heavy atom. The molecule has 1 saturated heterocycles. The summed E-state index contributed by atoms with van der Waals surface area (Å²) in [6.07, 6.45) is 11.4. The summed E-state index contributed by atoms with van der Waals surface area (Å²) in [6.45, 7) is 2.87. The molecule has 2 fully saturated rings. The van der Waals surface area contributed by atoms with Crippen LogP contribution in [0.25, 0.3) is 0 Å². The molecule has 2 heterocycles. The number of aromatic nitrogens is 2. The van der Waals surface area contributed by atoms with Crippen molar-refractivity contribution in [3.05, 3.63) is 48.3 Å². The van der Waals surface area contributed by atoms with Crippen LogP contribution in [-0.4, -0.2) is 35.2 Å². The molecule has 1 aliphatic carbocycles. The van der Waals surface area contributed by atoms with Gasteiger partial charge >= 0.3 is 0 Å². The SMILES string of the molecule is c1cnc(N2CCC[C@H](NCc3cccc(OC4CCCC4)c3)C2)nc1. The highest BCUT2D eigenvalue weighted by atomic mass is 16.5. The third-order valence-electron chi connectivity index (χ3n) is 5.35. The number of benzene rings is 1. The van der Waals surface area contributed by atoms with Gasteiger partial charge in [-0.15, -0.1) is 0 Å². The fraction of sp³-hybridized carbons (Fsp3) is 0.524. The predicted molar refractivity (Wildman–Crippen MR) is 103 cm³/mol. The third kappa shape index (κ3) is 4.52. The molecular weight excluding hydrogens is 324 g/mol. The molecule has 1 N–H and O–H groups in total. The van der Waals surface area contributed by atoms with Gasteiger partial charge in [-0.2, -0.15) is 0 Å². The van der Waals surface area contributed by atoms with Crippen LogP contribution < -0.4 is 15.0 Å². The van der Waals surface area contributed by atoms with Crippen molar-refractivity contribution >= 4 is 5.95 Å². The van der Waals surface area contributed by atoms with Gasteiger partial charge in [0.05, 0.1) is 6.10 Å². The molecule has 1 aliphatic heterocycles. The van der Waals surface area contributed by atoms with Gasteiger partial charge in [0.1, 0.15) is 5.75 Å².